The van der Waals surface area contributed by atoms with Gasteiger partial charge in [-0.1, -0.05) is 45.0 Å². The second-order valence-electron chi connectivity index (χ2n) is 5.27. The molecule has 0 saturated heterocycles. The van der Waals surface area contributed by atoms with Gasteiger partial charge in [0.25, 0.3) is 0 Å². The number of carbonyl (C=O) groups is 1. The third-order valence-electron chi connectivity index (χ3n) is 3.47. The lowest BCUT2D eigenvalue weighted by Gasteiger charge is -2.19. The molecule has 0 bridgehead atoms. The summed E-state index contributed by atoms with van der Waals surface area (Å²) in [6, 6.07) is 7.98. The molecule has 0 amide bonds. The van der Waals surface area contributed by atoms with E-state index in [0.29, 0.717) is 19.1 Å². The van der Waals surface area contributed by atoms with Gasteiger partial charge in [0.05, 0.1) is 13.2 Å². The van der Waals surface area contributed by atoms with Crippen LogP contribution in [0.1, 0.15) is 49.5 Å². The number of Topliss-reactive ketones (excluding diaryl/α,β-unsaturated/α-hetero) is 1. The van der Waals surface area contributed by atoms with Crippen LogP contribution < -0.4 is 0 Å². The van der Waals surface area contributed by atoms with E-state index in [9.17, 15) is 4.79 Å². The first-order valence-corrected chi connectivity index (χ1v) is 7.51. The zero-order valence-corrected chi connectivity index (χ0v) is 13.2. The maximum absolute atomic E-state index is 12.2. The Morgan fingerprint density at radius 2 is 1.85 bits per heavy atom. The van der Waals surface area contributed by atoms with Gasteiger partial charge in [0.1, 0.15) is 0 Å². The molecular weight excluding hydrogens is 250 g/mol. The van der Waals surface area contributed by atoms with Gasteiger partial charge in [-0.05, 0) is 24.9 Å². The lowest BCUT2D eigenvalue weighted by molar-refractivity contribution is 0.0867. The van der Waals surface area contributed by atoms with Crippen LogP contribution in [0, 0.1) is 0 Å². The number of ketones is 1. The summed E-state index contributed by atoms with van der Waals surface area (Å²) >= 11 is 0. The lowest BCUT2D eigenvalue weighted by atomic mass is 10.0. The average Bonchev–Trinajstić information content (AvgIpc) is 2.46. The van der Waals surface area contributed by atoms with Crippen molar-refractivity contribution >= 4 is 5.78 Å². The number of carbonyl (C=O) groups excluding carboxylic acids is 1. The zero-order valence-electron chi connectivity index (χ0n) is 13.2. The molecule has 3 nitrogen and oxygen atoms in total. The standard InChI is InChI=1S/C17H27NO2/c1-5-18(11-12-20-6-2)13-17(19)16-9-7-15(8-10-16)14(3)4/h7-10,14H,5-6,11-13H2,1-4H3. The summed E-state index contributed by atoms with van der Waals surface area (Å²) in [5.41, 5.74) is 2.06. The molecule has 0 aliphatic carbocycles. The van der Waals surface area contributed by atoms with Gasteiger partial charge < -0.3 is 4.74 Å². The molecule has 0 unspecified atom stereocenters. The monoisotopic (exact) mass is 277 g/mol. The van der Waals surface area contributed by atoms with Gasteiger partial charge in [0.15, 0.2) is 5.78 Å². The second kappa shape index (κ2) is 8.88. The van der Waals surface area contributed by atoms with Gasteiger partial charge >= 0.3 is 0 Å². The van der Waals surface area contributed by atoms with Crippen molar-refractivity contribution in [3.63, 3.8) is 0 Å². The minimum Gasteiger partial charge on any atom is -0.380 e. The second-order valence-corrected chi connectivity index (χ2v) is 5.27. The Morgan fingerprint density at radius 1 is 1.20 bits per heavy atom. The quantitative estimate of drug-likeness (QED) is 0.512. The molecule has 0 N–H and O–H groups in total. The predicted molar refractivity (Wildman–Crippen MR) is 83.5 cm³/mol. The molecule has 0 aliphatic heterocycles. The van der Waals surface area contributed by atoms with Crippen LogP contribution in [-0.4, -0.2) is 43.5 Å². The first-order valence-electron chi connectivity index (χ1n) is 7.51. The Kier molecular flexibility index (Phi) is 7.48. The van der Waals surface area contributed by atoms with Crippen molar-refractivity contribution in [2.45, 2.75) is 33.6 Å². The molecule has 0 radical (unpaired) electrons. The van der Waals surface area contributed by atoms with Crippen molar-refractivity contribution in [3.05, 3.63) is 35.4 Å². The molecule has 1 aromatic carbocycles. The van der Waals surface area contributed by atoms with Gasteiger partial charge in [0.2, 0.25) is 0 Å². The number of nitrogens with zero attached hydrogens (tertiary/aromatic N) is 1. The van der Waals surface area contributed by atoms with Crippen LogP contribution in [0.5, 0.6) is 0 Å². The number of ether oxygens (including phenoxy) is 1. The van der Waals surface area contributed by atoms with Crippen LogP contribution in [0.4, 0.5) is 0 Å². The van der Waals surface area contributed by atoms with E-state index in [0.717, 1.165) is 25.3 Å². The molecule has 112 valence electrons. The van der Waals surface area contributed by atoms with E-state index < -0.39 is 0 Å². The van der Waals surface area contributed by atoms with Crippen LogP contribution in [-0.2, 0) is 4.74 Å². The van der Waals surface area contributed by atoms with Crippen molar-refractivity contribution in [3.8, 4) is 0 Å². The molecule has 0 saturated carbocycles. The Morgan fingerprint density at radius 3 is 2.35 bits per heavy atom. The third-order valence-corrected chi connectivity index (χ3v) is 3.47. The van der Waals surface area contributed by atoms with E-state index in [4.69, 9.17) is 4.74 Å². The highest BCUT2D eigenvalue weighted by atomic mass is 16.5. The molecule has 0 fully saturated rings. The molecular formula is C17H27NO2. The van der Waals surface area contributed by atoms with Gasteiger partial charge in [-0.25, -0.2) is 0 Å². The van der Waals surface area contributed by atoms with Gasteiger partial charge in [-0.2, -0.15) is 0 Å². The van der Waals surface area contributed by atoms with Crippen molar-refractivity contribution in [1.82, 2.24) is 4.90 Å². The summed E-state index contributed by atoms with van der Waals surface area (Å²) in [6.45, 7) is 11.9. The summed E-state index contributed by atoms with van der Waals surface area (Å²) < 4.78 is 5.34. The molecule has 1 rings (SSSR count). The van der Waals surface area contributed by atoms with E-state index in [2.05, 4.69) is 25.7 Å². The van der Waals surface area contributed by atoms with E-state index in [1.165, 1.54) is 5.56 Å². The highest BCUT2D eigenvalue weighted by molar-refractivity contribution is 5.97. The fourth-order valence-electron chi connectivity index (χ4n) is 2.04. The minimum absolute atomic E-state index is 0.179. The van der Waals surface area contributed by atoms with Crippen LogP contribution in [0.3, 0.4) is 0 Å². The van der Waals surface area contributed by atoms with E-state index >= 15 is 0 Å². The molecule has 1 aromatic rings. The fraction of sp³-hybridized carbons (Fsp3) is 0.588. The minimum atomic E-state index is 0.179. The van der Waals surface area contributed by atoms with Gasteiger partial charge in [0, 0.05) is 18.7 Å². The van der Waals surface area contributed by atoms with Crippen molar-refractivity contribution in [2.24, 2.45) is 0 Å². The van der Waals surface area contributed by atoms with Crippen LogP contribution in [0.15, 0.2) is 24.3 Å². The summed E-state index contributed by atoms with van der Waals surface area (Å²) in [7, 11) is 0. The number of hydrogen-bond acceptors (Lipinski definition) is 3. The average molecular weight is 277 g/mol. The normalized spacial score (nSPS) is 11.3. The zero-order chi connectivity index (χ0) is 15.0. The number of hydrogen-bond donors (Lipinski definition) is 0. The largest absolute Gasteiger partial charge is 0.380 e. The van der Waals surface area contributed by atoms with E-state index in [1.807, 2.05) is 31.2 Å². The van der Waals surface area contributed by atoms with Crippen molar-refractivity contribution in [1.29, 1.82) is 0 Å². The first-order chi connectivity index (χ1) is 9.58. The highest BCUT2D eigenvalue weighted by Gasteiger charge is 2.11. The van der Waals surface area contributed by atoms with Crippen LogP contribution in [0.25, 0.3) is 0 Å². The van der Waals surface area contributed by atoms with E-state index in [1.54, 1.807) is 0 Å². The Bertz CT molecular complexity index is 398. The topological polar surface area (TPSA) is 29.5 Å². The molecule has 20 heavy (non-hydrogen) atoms. The summed E-state index contributed by atoms with van der Waals surface area (Å²) in [4.78, 5) is 14.4. The van der Waals surface area contributed by atoms with Gasteiger partial charge in [-0.15, -0.1) is 0 Å². The maximum Gasteiger partial charge on any atom is 0.176 e. The van der Waals surface area contributed by atoms with Crippen molar-refractivity contribution in [2.75, 3.05) is 32.8 Å². The summed E-state index contributed by atoms with van der Waals surface area (Å²) in [6.07, 6.45) is 0. The first kappa shape index (κ1) is 16.9. The third kappa shape index (κ3) is 5.43. The van der Waals surface area contributed by atoms with Crippen LogP contribution >= 0.6 is 0 Å². The summed E-state index contributed by atoms with van der Waals surface area (Å²) in [5, 5.41) is 0. The van der Waals surface area contributed by atoms with E-state index in [-0.39, 0.29) is 5.78 Å². The molecule has 0 spiro atoms. The number of likely N-dealkylation sites (N-methyl/N-ethyl adjacent to an activating group) is 1. The maximum atomic E-state index is 12.2. The summed E-state index contributed by atoms with van der Waals surface area (Å²) in [5.74, 6) is 0.677. The smallest absolute Gasteiger partial charge is 0.176 e. The molecule has 3 heteroatoms. The van der Waals surface area contributed by atoms with Crippen LogP contribution in [0.2, 0.25) is 0 Å². The SMILES string of the molecule is CCOCCN(CC)CC(=O)c1ccc(C(C)C)cc1. The number of benzene rings is 1. The fourth-order valence-corrected chi connectivity index (χ4v) is 2.04. The Balaban J connectivity index is 2.55. The molecule has 0 heterocycles. The number of rotatable bonds is 9. The van der Waals surface area contributed by atoms with Gasteiger partial charge in [-0.3, -0.25) is 9.69 Å². The molecule has 0 aliphatic rings. The van der Waals surface area contributed by atoms with Crippen molar-refractivity contribution < 1.29 is 9.53 Å². The molecule has 0 aromatic heterocycles. The highest BCUT2D eigenvalue weighted by Crippen LogP contribution is 2.15. The lowest BCUT2D eigenvalue weighted by Crippen LogP contribution is -2.32. The predicted octanol–water partition coefficient (Wildman–Crippen LogP) is 3.35. The Hall–Kier alpha value is -1.19. The molecule has 0 atom stereocenters. The Labute approximate surface area is 122 Å².